The molecule has 1 aromatic heterocycles. The van der Waals surface area contributed by atoms with E-state index in [1.54, 1.807) is 6.07 Å². The zero-order valence-corrected chi connectivity index (χ0v) is 12.8. The SMILES string of the molecule is Cc1cccc(Nc2cc(N)nc(C(C)C)n2)c1Br. The van der Waals surface area contributed by atoms with Gasteiger partial charge < -0.3 is 11.1 Å². The van der Waals surface area contributed by atoms with E-state index in [1.165, 1.54) is 0 Å². The Morgan fingerprint density at radius 2 is 2.00 bits per heavy atom. The molecule has 0 bridgehead atoms. The van der Waals surface area contributed by atoms with Crippen molar-refractivity contribution in [1.82, 2.24) is 9.97 Å². The Bertz CT molecular complexity index is 596. The van der Waals surface area contributed by atoms with Crippen LogP contribution in [0.1, 0.15) is 31.2 Å². The van der Waals surface area contributed by atoms with Crippen LogP contribution in [0.15, 0.2) is 28.7 Å². The van der Waals surface area contributed by atoms with Crippen LogP contribution in [0.4, 0.5) is 17.3 Å². The van der Waals surface area contributed by atoms with Crippen LogP contribution in [0.3, 0.4) is 0 Å². The fourth-order valence-electron chi connectivity index (χ4n) is 1.69. The Morgan fingerprint density at radius 3 is 2.68 bits per heavy atom. The maximum atomic E-state index is 5.82. The molecule has 5 heteroatoms. The predicted octanol–water partition coefficient (Wildman–Crippen LogP) is 4.00. The van der Waals surface area contributed by atoms with Gasteiger partial charge in [-0.1, -0.05) is 26.0 Å². The number of nitrogens with one attached hydrogen (secondary N) is 1. The number of anilines is 3. The minimum absolute atomic E-state index is 0.241. The van der Waals surface area contributed by atoms with Gasteiger partial charge in [0.2, 0.25) is 0 Å². The molecule has 4 nitrogen and oxygen atoms in total. The second kappa shape index (κ2) is 5.57. The van der Waals surface area contributed by atoms with Gasteiger partial charge in [0, 0.05) is 16.5 Å². The van der Waals surface area contributed by atoms with E-state index in [0.717, 1.165) is 21.5 Å². The number of aryl methyl sites for hydroxylation is 1. The molecule has 3 N–H and O–H groups in total. The number of nitrogens with two attached hydrogens (primary N) is 1. The Morgan fingerprint density at radius 1 is 1.26 bits per heavy atom. The molecule has 0 fully saturated rings. The molecule has 0 spiro atoms. The summed E-state index contributed by atoms with van der Waals surface area (Å²) < 4.78 is 1.03. The Hall–Kier alpha value is -1.62. The number of nitrogen functional groups attached to an aromatic ring is 1. The average molecular weight is 321 g/mol. The lowest BCUT2D eigenvalue weighted by Crippen LogP contribution is -2.05. The summed E-state index contributed by atoms with van der Waals surface area (Å²) in [5, 5.41) is 3.27. The molecule has 2 rings (SSSR count). The summed E-state index contributed by atoms with van der Waals surface area (Å²) >= 11 is 3.57. The van der Waals surface area contributed by atoms with E-state index in [-0.39, 0.29) is 5.92 Å². The van der Waals surface area contributed by atoms with Crippen LogP contribution in [0.5, 0.6) is 0 Å². The lowest BCUT2D eigenvalue weighted by atomic mass is 10.2. The number of aromatic nitrogens is 2. The highest BCUT2D eigenvalue weighted by molar-refractivity contribution is 9.10. The number of hydrogen-bond donors (Lipinski definition) is 2. The third kappa shape index (κ3) is 3.23. The van der Waals surface area contributed by atoms with Crippen LogP contribution in [0.25, 0.3) is 0 Å². The first-order chi connectivity index (χ1) is 8.97. The fraction of sp³-hybridized carbons (Fsp3) is 0.286. The molecule has 0 radical (unpaired) electrons. The largest absolute Gasteiger partial charge is 0.384 e. The van der Waals surface area contributed by atoms with Crippen LogP contribution in [-0.4, -0.2) is 9.97 Å². The molecule has 0 saturated carbocycles. The van der Waals surface area contributed by atoms with Gasteiger partial charge in [0.25, 0.3) is 0 Å². The number of benzene rings is 1. The minimum Gasteiger partial charge on any atom is -0.384 e. The lowest BCUT2D eigenvalue weighted by molar-refractivity contribution is 0.779. The Balaban J connectivity index is 2.35. The summed E-state index contributed by atoms with van der Waals surface area (Å²) in [6, 6.07) is 7.77. The molecule has 0 amide bonds. The first-order valence-electron chi connectivity index (χ1n) is 6.14. The van der Waals surface area contributed by atoms with E-state index in [1.807, 2.05) is 39.0 Å². The molecule has 0 aliphatic carbocycles. The van der Waals surface area contributed by atoms with Crippen molar-refractivity contribution in [2.45, 2.75) is 26.7 Å². The molecule has 0 atom stereocenters. The molecule has 19 heavy (non-hydrogen) atoms. The molecule has 0 aliphatic rings. The quantitative estimate of drug-likeness (QED) is 0.897. The molecular weight excluding hydrogens is 304 g/mol. The zero-order chi connectivity index (χ0) is 14.0. The van der Waals surface area contributed by atoms with Gasteiger partial charge in [-0.15, -0.1) is 0 Å². The van der Waals surface area contributed by atoms with E-state index in [2.05, 4.69) is 31.2 Å². The maximum Gasteiger partial charge on any atom is 0.136 e. The van der Waals surface area contributed by atoms with Crippen LogP contribution in [-0.2, 0) is 0 Å². The van der Waals surface area contributed by atoms with Crippen molar-refractivity contribution in [3.8, 4) is 0 Å². The monoisotopic (exact) mass is 320 g/mol. The number of halogens is 1. The van der Waals surface area contributed by atoms with E-state index in [0.29, 0.717) is 11.6 Å². The van der Waals surface area contributed by atoms with Crippen LogP contribution in [0, 0.1) is 6.92 Å². The summed E-state index contributed by atoms with van der Waals surface area (Å²) in [6.07, 6.45) is 0. The lowest BCUT2D eigenvalue weighted by Gasteiger charge is -2.12. The van der Waals surface area contributed by atoms with Gasteiger partial charge in [-0.3, -0.25) is 0 Å². The summed E-state index contributed by atoms with van der Waals surface area (Å²) in [5.74, 6) is 2.17. The van der Waals surface area contributed by atoms with E-state index < -0.39 is 0 Å². The van der Waals surface area contributed by atoms with Crippen LogP contribution < -0.4 is 11.1 Å². The smallest absolute Gasteiger partial charge is 0.136 e. The zero-order valence-electron chi connectivity index (χ0n) is 11.2. The maximum absolute atomic E-state index is 5.82. The second-order valence-corrected chi connectivity index (χ2v) is 5.55. The summed E-state index contributed by atoms with van der Waals surface area (Å²) in [7, 11) is 0. The standard InChI is InChI=1S/C14H17BrN4/c1-8(2)14-18-11(16)7-12(19-14)17-10-6-4-5-9(3)13(10)15/h4-8H,1-3H3,(H3,16,17,18,19). The highest BCUT2D eigenvalue weighted by atomic mass is 79.9. The first-order valence-corrected chi connectivity index (χ1v) is 6.93. The highest BCUT2D eigenvalue weighted by Gasteiger charge is 2.08. The van der Waals surface area contributed by atoms with Gasteiger partial charge in [0.05, 0.1) is 5.69 Å². The van der Waals surface area contributed by atoms with E-state index >= 15 is 0 Å². The van der Waals surface area contributed by atoms with Gasteiger partial charge >= 0.3 is 0 Å². The van der Waals surface area contributed by atoms with E-state index in [4.69, 9.17) is 5.73 Å². The van der Waals surface area contributed by atoms with Crippen molar-refractivity contribution in [1.29, 1.82) is 0 Å². The molecular formula is C14H17BrN4. The number of rotatable bonds is 3. The summed E-state index contributed by atoms with van der Waals surface area (Å²) in [4.78, 5) is 8.71. The van der Waals surface area contributed by atoms with Gasteiger partial charge in [0.1, 0.15) is 17.5 Å². The molecule has 100 valence electrons. The van der Waals surface area contributed by atoms with Crippen molar-refractivity contribution in [3.63, 3.8) is 0 Å². The second-order valence-electron chi connectivity index (χ2n) is 4.75. The van der Waals surface area contributed by atoms with Crippen molar-refractivity contribution in [3.05, 3.63) is 40.1 Å². The third-order valence-electron chi connectivity index (χ3n) is 2.73. The van der Waals surface area contributed by atoms with Crippen molar-refractivity contribution >= 4 is 33.3 Å². The minimum atomic E-state index is 0.241. The first kappa shape index (κ1) is 13.8. The van der Waals surface area contributed by atoms with Gasteiger partial charge in [0.15, 0.2) is 0 Å². The van der Waals surface area contributed by atoms with E-state index in [9.17, 15) is 0 Å². The molecule has 1 heterocycles. The normalized spacial score (nSPS) is 10.8. The molecule has 0 unspecified atom stereocenters. The summed E-state index contributed by atoms with van der Waals surface area (Å²) in [5.41, 5.74) is 7.94. The summed E-state index contributed by atoms with van der Waals surface area (Å²) in [6.45, 7) is 6.13. The van der Waals surface area contributed by atoms with Crippen LogP contribution in [0.2, 0.25) is 0 Å². The molecule has 0 saturated heterocycles. The van der Waals surface area contributed by atoms with Gasteiger partial charge in [-0.25, -0.2) is 9.97 Å². The van der Waals surface area contributed by atoms with Crippen molar-refractivity contribution in [2.75, 3.05) is 11.1 Å². The third-order valence-corrected chi connectivity index (χ3v) is 3.79. The number of nitrogens with zero attached hydrogens (tertiary/aromatic N) is 2. The molecule has 0 aliphatic heterocycles. The molecule has 1 aromatic carbocycles. The Labute approximate surface area is 121 Å². The van der Waals surface area contributed by atoms with Gasteiger partial charge in [-0.2, -0.15) is 0 Å². The van der Waals surface area contributed by atoms with Crippen LogP contribution >= 0.6 is 15.9 Å². The predicted molar refractivity (Wildman–Crippen MR) is 82.7 cm³/mol. The topological polar surface area (TPSA) is 63.8 Å². The van der Waals surface area contributed by atoms with Crippen molar-refractivity contribution < 1.29 is 0 Å². The van der Waals surface area contributed by atoms with Crippen molar-refractivity contribution in [2.24, 2.45) is 0 Å². The Kier molecular flexibility index (Phi) is 4.04. The fourth-order valence-corrected chi connectivity index (χ4v) is 2.05. The molecule has 2 aromatic rings. The average Bonchev–Trinajstić information content (AvgIpc) is 2.34. The number of hydrogen-bond acceptors (Lipinski definition) is 4. The van der Waals surface area contributed by atoms with Gasteiger partial charge in [-0.05, 0) is 34.5 Å². The highest BCUT2D eigenvalue weighted by Crippen LogP contribution is 2.28.